The molecule has 108 valence electrons. The molecule has 1 aromatic rings. The molecule has 0 aliphatic heterocycles. The number of rotatable bonds is 7. The summed E-state index contributed by atoms with van der Waals surface area (Å²) < 4.78 is 47.8. The van der Waals surface area contributed by atoms with Gasteiger partial charge in [0.05, 0.1) is 6.61 Å². The summed E-state index contributed by atoms with van der Waals surface area (Å²) in [5, 5.41) is 0. The summed E-state index contributed by atoms with van der Waals surface area (Å²) in [5.41, 5.74) is 6.15. The van der Waals surface area contributed by atoms with Crippen LogP contribution in [0, 0.1) is 0 Å². The first-order valence-corrected chi connectivity index (χ1v) is 5.98. The van der Waals surface area contributed by atoms with Crippen LogP contribution < -0.4 is 10.5 Å². The van der Waals surface area contributed by atoms with E-state index in [1.165, 1.54) is 12.1 Å². The van der Waals surface area contributed by atoms with E-state index >= 15 is 0 Å². The highest BCUT2D eigenvalue weighted by Crippen LogP contribution is 2.27. The molecule has 0 aliphatic rings. The van der Waals surface area contributed by atoms with Gasteiger partial charge in [-0.25, -0.2) is 0 Å². The quantitative estimate of drug-likeness (QED) is 0.833. The molecule has 0 heterocycles. The fourth-order valence-electron chi connectivity index (χ4n) is 1.56. The van der Waals surface area contributed by atoms with Gasteiger partial charge in [-0.3, -0.25) is 0 Å². The molecule has 0 saturated carbocycles. The molecule has 0 bridgehead atoms. The molecule has 0 aromatic heterocycles. The number of methoxy groups -OCH3 is 1. The van der Waals surface area contributed by atoms with Gasteiger partial charge in [-0.05, 0) is 30.7 Å². The molecule has 1 unspecified atom stereocenters. The molecular weight excluding hydrogens is 259 g/mol. The fraction of sp³-hybridized carbons (Fsp3) is 0.538. The SMILES string of the molecule is COCCc1ccc(OC(CCN)C(F)(F)F)cc1. The van der Waals surface area contributed by atoms with Crippen molar-refractivity contribution in [2.24, 2.45) is 5.73 Å². The van der Waals surface area contributed by atoms with E-state index < -0.39 is 12.3 Å². The zero-order chi connectivity index (χ0) is 14.3. The van der Waals surface area contributed by atoms with E-state index in [2.05, 4.69) is 0 Å². The molecule has 1 atom stereocenters. The van der Waals surface area contributed by atoms with Crippen molar-refractivity contribution in [1.29, 1.82) is 0 Å². The molecule has 0 radical (unpaired) electrons. The maximum atomic E-state index is 12.6. The lowest BCUT2D eigenvalue weighted by molar-refractivity contribution is -0.196. The number of benzene rings is 1. The van der Waals surface area contributed by atoms with Crippen LogP contribution in [-0.2, 0) is 11.2 Å². The number of hydrogen-bond donors (Lipinski definition) is 1. The number of alkyl halides is 3. The average molecular weight is 277 g/mol. The normalized spacial score (nSPS) is 13.3. The third-order valence-corrected chi connectivity index (χ3v) is 2.59. The molecule has 6 heteroatoms. The van der Waals surface area contributed by atoms with Crippen molar-refractivity contribution in [2.45, 2.75) is 25.1 Å². The van der Waals surface area contributed by atoms with Crippen molar-refractivity contribution in [2.75, 3.05) is 20.3 Å². The second kappa shape index (κ2) is 7.35. The highest BCUT2D eigenvalue weighted by Gasteiger charge is 2.41. The summed E-state index contributed by atoms with van der Waals surface area (Å²) >= 11 is 0. The molecule has 3 nitrogen and oxygen atoms in total. The van der Waals surface area contributed by atoms with E-state index in [1.807, 2.05) is 0 Å². The van der Waals surface area contributed by atoms with Crippen molar-refractivity contribution in [3.8, 4) is 5.75 Å². The predicted molar refractivity (Wildman–Crippen MR) is 66.2 cm³/mol. The molecule has 0 saturated heterocycles. The standard InChI is InChI=1S/C13H18F3NO2/c1-18-9-7-10-2-4-11(5-3-10)19-12(6-8-17)13(14,15)16/h2-5,12H,6-9,17H2,1H3. The topological polar surface area (TPSA) is 44.5 Å². The van der Waals surface area contributed by atoms with Crippen LogP contribution in [0.2, 0.25) is 0 Å². The van der Waals surface area contributed by atoms with Gasteiger partial charge in [-0.2, -0.15) is 13.2 Å². The fourth-order valence-corrected chi connectivity index (χ4v) is 1.56. The molecule has 1 rings (SSSR count). The van der Waals surface area contributed by atoms with Gasteiger partial charge in [0, 0.05) is 13.5 Å². The lowest BCUT2D eigenvalue weighted by Gasteiger charge is -2.21. The molecule has 0 spiro atoms. The smallest absolute Gasteiger partial charge is 0.425 e. The highest BCUT2D eigenvalue weighted by atomic mass is 19.4. The summed E-state index contributed by atoms with van der Waals surface area (Å²) in [7, 11) is 1.60. The highest BCUT2D eigenvalue weighted by molar-refractivity contribution is 5.27. The van der Waals surface area contributed by atoms with Crippen molar-refractivity contribution in [3.05, 3.63) is 29.8 Å². The van der Waals surface area contributed by atoms with Crippen molar-refractivity contribution in [1.82, 2.24) is 0 Å². The van der Waals surface area contributed by atoms with Crippen LogP contribution in [0.15, 0.2) is 24.3 Å². The summed E-state index contributed by atoms with van der Waals surface area (Å²) in [5.74, 6) is 0.192. The van der Waals surface area contributed by atoms with E-state index in [9.17, 15) is 13.2 Å². The van der Waals surface area contributed by atoms with Crippen molar-refractivity contribution >= 4 is 0 Å². The van der Waals surface area contributed by atoms with E-state index in [-0.39, 0.29) is 18.7 Å². The maximum absolute atomic E-state index is 12.6. The Morgan fingerprint density at radius 2 is 1.84 bits per heavy atom. The molecule has 0 amide bonds. The van der Waals surface area contributed by atoms with Gasteiger partial charge in [0.2, 0.25) is 0 Å². The molecule has 1 aromatic carbocycles. The molecular formula is C13H18F3NO2. The zero-order valence-electron chi connectivity index (χ0n) is 10.7. The summed E-state index contributed by atoms with van der Waals surface area (Å²) in [6, 6.07) is 6.51. The number of halogens is 3. The molecule has 2 N–H and O–H groups in total. The summed E-state index contributed by atoms with van der Waals surface area (Å²) in [6.45, 7) is 0.495. The van der Waals surface area contributed by atoms with Crippen LogP contribution in [0.4, 0.5) is 13.2 Å². The van der Waals surface area contributed by atoms with Gasteiger partial charge in [0.25, 0.3) is 0 Å². The Kier molecular flexibility index (Phi) is 6.11. The zero-order valence-corrected chi connectivity index (χ0v) is 10.7. The molecule has 0 fully saturated rings. The number of ether oxygens (including phenoxy) is 2. The Balaban J connectivity index is 2.64. The van der Waals surface area contributed by atoms with Gasteiger partial charge in [-0.1, -0.05) is 12.1 Å². The van der Waals surface area contributed by atoms with Crippen LogP contribution in [-0.4, -0.2) is 32.5 Å². The Morgan fingerprint density at radius 3 is 2.32 bits per heavy atom. The van der Waals surface area contributed by atoms with E-state index in [4.69, 9.17) is 15.2 Å². The monoisotopic (exact) mass is 277 g/mol. The van der Waals surface area contributed by atoms with Gasteiger partial charge >= 0.3 is 6.18 Å². The van der Waals surface area contributed by atoms with Gasteiger partial charge in [0.15, 0.2) is 6.10 Å². The molecule has 19 heavy (non-hydrogen) atoms. The second-order valence-electron chi connectivity index (χ2n) is 4.11. The van der Waals surface area contributed by atoms with Crippen LogP contribution in [0.25, 0.3) is 0 Å². The van der Waals surface area contributed by atoms with Gasteiger partial charge in [0.1, 0.15) is 5.75 Å². The van der Waals surface area contributed by atoms with Gasteiger partial charge in [-0.15, -0.1) is 0 Å². The second-order valence-corrected chi connectivity index (χ2v) is 4.11. The predicted octanol–water partition coefficient (Wildman–Crippen LogP) is 2.53. The minimum Gasteiger partial charge on any atom is -0.481 e. The Morgan fingerprint density at radius 1 is 1.21 bits per heavy atom. The third-order valence-electron chi connectivity index (χ3n) is 2.59. The maximum Gasteiger partial charge on any atom is 0.425 e. The Labute approximate surface area is 110 Å². The lowest BCUT2D eigenvalue weighted by Crippen LogP contribution is -2.36. The summed E-state index contributed by atoms with van der Waals surface area (Å²) in [4.78, 5) is 0. The number of hydrogen-bond acceptors (Lipinski definition) is 3. The minimum absolute atomic E-state index is 0.0733. The van der Waals surface area contributed by atoms with Crippen LogP contribution in [0.5, 0.6) is 5.75 Å². The molecule has 0 aliphatic carbocycles. The van der Waals surface area contributed by atoms with Crippen LogP contribution >= 0.6 is 0 Å². The third kappa shape index (κ3) is 5.48. The minimum atomic E-state index is -4.41. The van der Waals surface area contributed by atoms with Crippen molar-refractivity contribution < 1.29 is 22.6 Å². The lowest BCUT2D eigenvalue weighted by atomic mass is 10.1. The first kappa shape index (κ1) is 15.8. The van der Waals surface area contributed by atoms with Crippen LogP contribution in [0.1, 0.15) is 12.0 Å². The first-order valence-electron chi connectivity index (χ1n) is 5.98. The van der Waals surface area contributed by atoms with E-state index in [0.29, 0.717) is 13.0 Å². The van der Waals surface area contributed by atoms with E-state index in [1.54, 1.807) is 19.2 Å². The Bertz CT molecular complexity index is 365. The number of nitrogens with two attached hydrogens (primary N) is 1. The average Bonchev–Trinajstić information content (AvgIpc) is 2.36. The van der Waals surface area contributed by atoms with Crippen LogP contribution in [0.3, 0.4) is 0 Å². The van der Waals surface area contributed by atoms with Crippen molar-refractivity contribution in [3.63, 3.8) is 0 Å². The Hall–Kier alpha value is -1.27. The first-order chi connectivity index (χ1) is 8.97. The van der Waals surface area contributed by atoms with E-state index in [0.717, 1.165) is 5.56 Å². The summed E-state index contributed by atoms with van der Waals surface area (Å²) in [6.07, 6.45) is -5.81. The largest absolute Gasteiger partial charge is 0.481 e. The van der Waals surface area contributed by atoms with Gasteiger partial charge < -0.3 is 15.2 Å².